The molecule has 0 aliphatic carbocycles. The van der Waals surface area contributed by atoms with Gasteiger partial charge in [0.2, 0.25) is 0 Å². The number of nitrogens with zero attached hydrogens (tertiary/aromatic N) is 4. The van der Waals surface area contributed by atoms with E-state index >= 15 is 0 Å². The van der Waals surface area contributed by atoms with Gasteiger partial charge in [0.25, 0.3) is 12.3 Å². The summed E-state index contributed by atoms with van der Waals surface area (Å²) in [7, 11) is 0. The molecule has 6 nitrogen and oxygen atoms in total. The number of hydrogen-bond donors (Lipinski definition) is 1. The standard InChI is InChI=1S/C19H12BrF2N5O/c20-12-6-7-16(23-9-12)26-19(28)13-10-24-27-15(17(21)22)8-14(25-18(13)27)11-4-2-1-3-5-11/h1-10,17H,(H,23,26,28). The summed E-state index contributed by atoms with van der Waals surface area (Å²) in [6.07, 6.45) is -0.0271. The van der Waals surface area contributed by atoms with E-state index in [9.17, 15) is 13.6 Å². The van der Waals surface area contributed by atoms with Gasteiger partial charge < -0.3 is 5.32 Å². The molecule has 1 aromatic carbocycles. The van der Waals surface area contributed by atoms with Gasteiger partial charge in [-0.3, -0.25) is 4.79 Å². The van der Waals surface area contributed by atoms with Crippen LogP contribution >= 0.6 is 15.9 Å². The number of hydrogen-bond acceptors (Lipinski definition) is 4. The Hall–Kier alpha value is -3.20. The fraction of sp³-hybridized carbons (Fsp3) is 0.0526. The number of rotatable bonds is 4. The van der Waals surface area contributed by atoms with E-state index in [1.54, 1.807) is 36.4 Å². The van der Waals surface area contributed by atoms with Crippen molar-refractivity contribution in [1.82, 2.24) is 19.6 Å². The van der Waals surface area contributed by atoms with E-state index in [2.05, 4.69) is 36.3 Å². The summed E-state index contributed by atoms with van der Waals surface area (Å²) < 4.78 is 28.9. The molecule has 9 heteroatoms. The SMILES string of the molecule is O=C(Nc1ccc(Br)cn1)c1cnn2c(C(F)F)cc(-c3ccccc3)nc12. The van der Waals surface area contributed by atoms with Gasteiger partial charge >= 0.3 is 0 Å². The van der Waals surface area contributed by atoms with Crippen molar-refractivity contribution in [2.45, 2.75) is 6.43 Å². The number of carbonyl (C=O) groups excluding carboxylic acids is 1. The third kappa shape index (κ3) is 3.48. The van der Waals surface area contributed by atoms with Crippen molar-refractivity contribution < 1.29 is 13.6 Å². The normalized spacial score (nSPS) is 11.1. The first-order valence-electron chi connectivity index (χ1n) is 8.18. The van der Waals surface area contributed by atoms with Gasteiger partial charge in [0.15, 0.2) is 5.65 Å². The molecule has 0 fully saturated rings. The first kappa shape index (κ1) is 18.2. The number of carbonyl (C=O) groups is 1. The average molecular weight is 444 g/mol. The minimum atomic E-state index is -2.78. The second-order valence-electron chi connectivity index (χ2n) is 5.84. The smallest absolute Gasteiger partial charge is 0.280 e. The van der Waals surface area contributed by atoms with Crippen LogP contribution in [0.1, 0.15) is 22.5 Å². The molecule has 3 heterocycles. The molecule has 1 N–H and O–H groups in total. The number of nitrogens with one attached hydrogen (secondary N) is 1. The van der Waals surface area contributed by atoms with Gasteiger partial charge in [0.1, 0.15) is 17.1 Å². The van der Waals surface area contributed by atoms with Crippen molar-refractivity contribution in [2.24, 2.45) is 0 Å². The summed E-state index contributed by atoms with van der Waals surface area (Å²) in [5.41, 5.74) is 0.772. The Morgan fingerprint density at radius 1 is 1.11 bits per heavy atom. The molecule has 4 aromatic rings. The molecule has 0 atom stereocenters. The van der Waals surface area contributed by atoms with Crippen molar-refractivity contribution in [1.29, 1.82) is 0 Å². The van der Waals surface area contributed by atoms with E-state index in [1.165, 1.54) is 18.5 Å². The first-order valence-corrected chi connectivity index (χ1v) is 8.97. The van der Waals surface area contributed by atoms with Crippen molar-refractivity contribution in [3.8, 4) is 11.3 Å². The Bertz CT molecular complexity index is 1150. The van der Waals surface area contributed by atoms with Crippen LogP contribution in [0.25, 0.3) is 16.9 Å². The second-order valence-corrected chi connectivity index (χ2v) is 6.76. The number of pyridine rings is 1. The summed E-state index contributed by atoms with van der Waals surface area (Å²) in [4.78, 5) is 21.1. The number of anilines is 1. The third-order valence-electron chi connectivity index (χ3n) is 4.01. The lowest BCUT2D eigenvalue weighted by molar-refractivity contribution is 0.102. The van der Waals surface area contributed by atoms with Crippen LogP contribution in [0.4, 0.5) is 14.6 Å². The van der Waals surface area contributed by atoms with Crippen molar-refractivity contribution >= 4 is 33.3 Å². The van der Waals surface area contributed by atoms with Gasteiger partial charge in [-0.05, 0) is 34.1 Å². The minimum Gasteiger partial charge on any atom is -0.306 e. The molecule has 0 aliphatic rings. The Labute approximate surface area is 166 Å². The molecular weight excluding hydrogens is 432 g/mol. The van der Waals surface area contributed by atoms with Gasteiger partial charge in [0, 0.05) is 16.2 Å². The number of amides is 1. The molecule has 0 aliphatic heterocycles. The Kier molecular flexibility index (Phi) is 4.82. The summed E-state index contributed by atoms with van der Waals surface area (Å²) in [6.45, 7) is 0. The first-order chi connectivity index (χ1) is 13.5. The highest BCUT2D eigenvalue weighted by Gasteiger charge is 2.21. The highest BCUT2D eigenvalue weighted by atomic mass is 79.9. The molecule has 28 heavy (non-hydrogen) atoms. The van der Waals surface area contributed by atoms with E-state index in [1.807, 2.05) is 6.07 Å². The monoisotopic (exact) mass is 443 g/mol. The van der Waals surface area contributed by atoms with Crippen LogP contribution in [0.2, 0.25) is 0 Å². The average Bonchev–Trinajstić information content (AvgIpc) is 3.13. The largest absolute Gasteiger partial charge is 0.306 e. The highest BCUT2D eigenvalue weighted by molar-refractivity contribution is 9.10. The maximum absolute atomic E-state index is 13.6. The minimum absolute atomic E-state index is 0.0475. The fourth-order valence-electron chi connectivity index (χ4n) is 2.69. The zero-order chi connectivity index (χ0) is 19.7. The number of alkyl halides is 2. The van der Waals surface area contributed by atoms with Crippen LogP contribution in [-0.4, -0.2) is 25.5 Å². The van der Waals surface area contributed by atoms with Crippen LogP contribution in [0.5, 0.6) is 0 Å². The van der Waals surface area contributed by atoms with E-state index < -0.39 is 12.3 Å². The predicted molar refractivity (Wildman–Crippen MR) is 103 cm³/mol. The van der Waals surface area contributed by atoms with Crippen LogP contribution < -0.4 is 5.32 Å². The van der Waals surface area contributed by atoms with Crippen molar-refractivity contribution in [3.63, 3.8) is 0 Å². The van der Waals surface area contributed by atoms with Gasteiger partial charge in [-0.25, -0.2) is 23.3 Å². The molecule has 0 saturated heterocycles. The molecule has 0 spiro atoms. The van der Waals surface area contributed by atoms with Gasteiger partial charge in [-0.2, -0.15) is 5.10 Å². The number of aromatic nitrogens is 4. The van der Waals surface area contributed by atoms with Gasteiger partial charge in [-0.1, -0.05) is 30.3 Å². The summed E-state index contributed by atoms with van der Waals surface area (Å²) in [5, 5.41) is 6.56. The molecule has 0 bridgehead atoms. The molecule has 140 valence electrons. The van der Waals surface area contributed by atoms with E-state index in [-0.39, 0.29) is 16.9 Å². The number of fused-ring (bicyclic) bond motifs is 1. The summed E-state index contributed by atoms with van der Waals surface area (Å²) in [5.74, 6) is -0.219. The van der Waals surface area contributed by atoms with Crippen LogP contribution in [-0.2, 0) is 0 Å². The Balaban J connectivity index is 1.80. The molecule has 0 unspecified atom stereocenters. The molecule has 3 aromatic heterocycles. The van der Waals surface area contributed by atoms with Gasteiger partial charge in [0.05, 0.1) is 11.9 Å². The van der Waals surface area contributed by atoms with Gasteiger partial charge in [-0.15, -0.1) is 0 Å². The van der Waals surface area contributed by atoms with Crippen LogP contribution in [0.3, 0.4) is 0 Å². The second kappa shape index (κ2) is 7.43. The van der Waals surface area contributed by atoms with Crippen molar-refractivity contribution in [2.75, 3.05) is 5.32 Å². The quantitative estimate of drug-likeness (QED) is 0.494. The molecule has 1 amide bonds. The third-order valence-corrected chi connectivity index (χ3v) is 4.48. The topological polar surface area (TPSA) is 72.2 Å². The van der Waals surface area contributed by atoms with E-state index in [4.69, 9.17) is 0 Å². The molecule has 4 rings (SSSR count). The Morgan fingerprint density at radius 3 is 2.57 bits per heavy atom. The Morgan fingerprint density at radius 2 is 1.89 bits per heavy atom. The highest BCUT2D eigenvalue weighted by Crippen LogP contribution is 2.27. The lowest BCUT2D eigenvalue weighted by Crippen LogP contribution is -2.13. The lowest BCUT2D eigenvalue weighted by atomic mass is 10.1. The van der Waals surface area contributed by atoms with E-state index in [0.29, 0.717) is 17.1 Å². The van der Waals surface area contributed by atoms with E-state index in [0.717, 1.165) is 8.99 Å². The molecule has 0 radical (unpaired) electrons. The lowest BCUT2D eigenvalue weighted by Gasteiger charge is -2.08. The number of benzene rings is 1. The predicted octanol–water partition coefficient (Wildman–Crippen LogP) is 4.74. The zero-order valence-electron chi connectivity index (χ0n) is 14.2. The fourth-order valence-corrected chi connectivity index (χ4v) is 2.93. The van der Waals surface area contributed by atoms with Crippen molar-refractivity contribution in [3.05, 3.63) is 76.7 Å². The zero-order valence-corrected chi connectivity index (χ0v) is 15.8. The summed E-state index contributed by atoms with van der Waals surface area (Å²) in [6, 6.07) is 13.5. The van der Waals surface area contributed by atoms with Crippen LogP contribution in [0, 0.1) is 0 Å². The summed E-state index contributed by atoms with van der Waals surface area (Å²) >= 11 is 3.26. The maximum Gasteiger partial charge on any atom is 0.280 e. The maximum atomic E-state index is 13.6. The van der Waals surface area contributed by atoms with Crippen LogP contribution in [0.15, 0.2) is 65.4 Å². The molecule has 0 saturated carbocycles. The molecular formula is C19H12BrF2N5O. The number of halogens is 3.